The quantitative estimate of drug-likeness (QED) is 0.284. The summed E-state index contributed by atoms with van der Waals surface area (Å²) in [6.45, 7) is 5.52. The number of likely N-dealkylation sites (tertiary alicyclic amines) is 1. The third kappa shape index (κ3) is 6.03. The van der Waals surface area contributed by atoms with E-state index < -0.39 is 0 Å². The van der Waals surface area contributed by atoms with E-state index >= 15 is 0 Å². The monoisotopic (exact) mass is 492 g/mol. The molecule has 0 unspecified atom stereocenters. The molecule has 4 aromatic rings. The minimum Gasteiger partial charge on any atom is -0.493 e. The lowest BCUT2D eigenvalue weighted by Gasteiger charge is -2.33. The average molecular weight is 493 g/mol. The van der Waals surface area contributed by atoms with E-state index in [0.29, 0.717) is 23.8 Å². The third-order valence-corrected chi connectivity index (χ3v) is 7.48. The molecule has 0 radical (unpaired) electrons. The molecular formula is C33H36N2O2. The van der Waals surface area contributed by atoms with Crippen molar-refractivity contribution >= 4 is 16.7 Å². The van der Waals surface area contributed by atoms with Crippen LogP contribution in [0.5, 0.6) is 5.75 Å². The molecule has 1 amide bonds. The Bertz CT molecular complexity index is 1260. The second-order valence-electron chi connectivity index (χ2n) is 9.84. The van der Waals surface area contributed by atoms with E-state index in [9.17, 15) is 4.79 Å². The minimum atomic E-state index is -0.0353. The van der Waals surface area contributed by atoms with Gasteiger partial charge in [0.05, 0.1) is 12.2 Å². The number of piperidine rings is 1. The highest BCUT2D eigenvalue weighted by molar-refractivity contribution is 6.09. The molecule has 0 atom stereocenters. The van der Waals surface area contributed by atoms with Crippen molar-refractivity contribution in [1.82, 2.24) is 10.2 Å². The summed E-state index contributed by atoms with van der Waals surface area (Å²) in [6.07, 6.45) is 3.00. The molecule has 0 bridgehead atoms. The predicted molar refractivity (Wildman–Crippen MR) is 151 cm³/mol. The molecule has 0 spiro atoms. The van der Waals surface area contributed by atoms with Gasteiger partial charge >= 0.3 is 0 Å². The Labute approximate surface area is 220 Å². The molecular weight excluding hydrogens is 456 g/mol. The maximum atomic E-state index is 13.4. The van der Waals surface area contributed by atoms with Crippen LogP contribution >= 0.6 is 0 Å². The van der Waals surface area contributed by atoms with E-state index in [1.54, 1.807) is 0 Å². The first-order valence-electron chi connectivity index (χ1n) is 13.5. The summed E-state index contributed by atoms with van der Waals surface area (Å²) in [5.41, 5.74) is 3.39. The number of rotatable bonds is 9. The van der Waals surface area contributed by atoms with Crippen LogP contribution in [0, 0.1) is 0 Å². The largest absolute Gasteiger partial charge is 0.493 e. The zero-order valence-corrected chi connectivity index (χ0v) is 21.6. The number of nitrogens with zero attached hydrogens (tertiary/aromatic N) is 1. The predicted octanol–water partition coefficient (Wildman–Crippen LogP) is 6.65. The number of carbonyl (C=O) groups excluding carboxylic acids is 1. The molecule has 4 aromatic carbocycles. The summed E-state index contributed by atoms with van der Waals surface area (Å²) >= 11 is 0. The zero-order chi connectivity index (χ0) is 25.5. The van der Waals surface area contributed by atoms with Crippen molar-refractivity contribution in [2.45, 2.75) is 38.1 Å². The van der Waals surface area contributed by atoms with E-state index in [1.165, 1.54) is 11.1 Å². The van der Waals surface area contributed by atoms with Crippen molar-refractivity contribution in [1.29, 1.82) is 0 Å². The van der Waals surface area contributed by atoms with E-state index in [-0.39, 0.29) is 11.9 Å². The number of benzene rings is 4. The van der Waals surface area contributed by atoms with Gasteiger partial charge in [0, 0.05) is 25.0 Å². The van der Waals surface area contributed by atoms with Gasteiger partial charge in [-0.3, -0.25) is 4.79 Å². The van der Waals surface area contributed by atoms with Crippen molar-refractivity contribution in [3.05, 3.63) is 114 Å². The lowest BCUT2D eigenvalue weighted by molar-refractivity contribution is 0.0908. The van der Waals surface area contributed by atoms with Gasteiger partial charge in [0.25, 0.3) is 5.91 Å². The Morgan fingerprint density at radius 3 is 2.14 bits per heavy atom. The summed E-state index contributed by atoms with van der Waals surface area (Å²) < 4.78 is 5.83. The number of amides is 1. The fourth-order valence-corrected chi connectivity index (χ4v) is 5.53. The van der Waals surface area contributed by atoms with Crippen LogP contribution in [0.4, 0.5) is 0 Å². The van der Waals surface area contributed by atoms with Gasteiger partial charge in [0.1, 0.15) is 5.75 Å². The van der Waals surface area contributed by atoms with Crippen LogP contribution in [0.3, 0.4) is 0 Å². The van der Waals surface area contributed by atoms with Gasteiger partial charge in [-0.05, 0) is 60.7 Å². The molecule has 1 saturated heterocycles. The van der Waals surface area contributed by atoms with Gasteiger partial charge in [0.2, 0.25) is 0 Å². The second kappa shape index (κ2) is 12.1. The summed E-state index contributed by atoms with van der Waals surface area (Å²) in [4.78, 5) is 16.0. The maximum absolute atomic E-state index is 13.4. The van der Waals surface area contributed by atoms with Crippen LogP contribution in [-0.2, 0) is 0 Å². The van der Waals surface area contributed by atoms with E-state index in [1.807, 2.05) is 43.3 Å². The smallest absolute Gasteiger partial charge is 0.255 e. The molecule has 1 heterocycles. The Kier molecular flexibility index (Phi) is 8.17. The van der Waals surface area contributed by atoms with Gasteiger partial charge in [0.15, 0.2) is 0 Å². The molecule has 0 saturated carbocycles. The topological polar surface area (TPSA) is 41.6 Å². The summed E-state index contributed by atoms with van der Waals surface area (Å²) in [6, 6.07) is 33.8. The fraction of sp³-hybridized carbons (Fsp3) is 0.303. The van der Waals surface area contributed by atoms with Gasteiger partial charge in [-0.25, -0.2) is 0 Å². The number of nitrogens with one attached hydrogen (secondary N) is 1. The lowest BCUT2D eigenvalue weighted by atomic mass is 9.88. The molecule has 1 aliphatic heterocycles. The third-order valence-electron chi connectivity index (χ3n) is 7.48. The van der Waals surface area contributed by atoms with Crippen molar-refractivity contribution in [3.63, 3.8) is 0 Å². The first-order chi connectivity index (χ1) is 18.2. The Morgan fingerprint density at radius 1 is 0.865 bits per heavy atom. The fourth-order valence-electron chi connectivity index (χ4n) is 5.53. The number of ether oxygens (including phenoxy) is 1. The van der Waals surface area contributed by atoms with E-state index in [0.717, 1.165) is 49.7 Å². The number of hydrogen-bond donors (Lipinski definition) is 1. The Morgan fingerprint density at radius 2 is 1.49 bits per heavy atom. The van der Waals surface area contributed by atoms with Crippen LogP contribution in [-0.4, -0.2) is 43.1 Å². The van der Waals surface area contributed by atoms with Crippen LogP contribution in [0.15, 0.2) is 97.1 Å². The van der Waals surface area contributed by atoms with Crippen LogP contribution in [0.2, 0.25) is 0 Å². The molecule has 37 heavy (non-hydrogen) atoms. The van der Waals surface area contributed by atoms with Gasteiger partial charge in [-0.2, -0.15) is 0 Å². The first kappa shape index (κ1) is 25.0. The number of hydrogen-bond acceptors (Lipinski definition) is 3. The Hall–Kier alpha value is -3.63. The molecule has 4 heteroatoms. The molecule has 1 aliphatic rings. The number of fused-ring (bicyclic) bond motifs is 1. The maximum Gasteiger partial charge on any atom is 0.255 e. The highest BCUT2D eigenvalue weighted by atomic mass is 16.5. The molecule has 5 rings (SSSR count). The molecule has 190 valence electrons. The molecule has 0 aromatic heterocycles. The van der Waals surface area contributed by atoms with Crippen LogP contribution in [0.25, 0.3) is 10.8 Å². The molecule has 1 fully saturated rings. The van der Waals surface area contributed by atoms with Gasteiger partial charge in [-0.15, -0.1) is 0 Å². The zero-order valence-electron chi connectivity index (χ0n) is 21.6. The summed E-state index contributed by atoms with van der Waals surface area (Å²) in [5.74, 6) is 1.01. The van der Waals surface area contributed by atoms with Crippen molar-refractivity contribution in [2.75, 3.05) is 26.2 Å². The molecule has 0 aliphatic carbocycles. The summed E-state index contributed by atoms with van der Waals surface area (Å²) in [5, 5.41) is 5.31. The lowest BCUT2D eigenvalue weighted by Crippen LogP contribution is -2.45. The van der Waals surface area contributed by atoms with Crippen molar-refractivity contribution in [3.8, 4) is 5.75 Å². The second-order valence-corrected chi connectivity index (χ2v) is 9.84. The van der Waals surface area contributed by atoms with E-state index in [4.69, 9.17) is 4.74 Å². The van der Waals surface area contributed by atoms with Gasteiger partial charge in [-0.1, -0.05) is 91.0 Å². The van der Waals surface area contributed by atoms with Gasteiger partial charge < -0.3 is 15.0 Å². The normalized spacial score (nSPS) is 14.6. The van der Waals surface area contributed by atoms with Crippen molar-refractivity contribution in [2.24, 2.45) is 0 Å². The SMILES string of the molecule is CCOc1ccc2ccccc2c1C(=O)NC1CCN(CCC(c2ccccc2)c2ccccc2)CC1. The first-order valence-corrected chi connectivity index (χ1v) is 13.5. The van der Waals surface area contributed by atoms with Crippen LogP contribution < -0.4 is 10.1 Å². The summed E-state index contributed by atoms with van der Waals surface area (Å²) in [7, 11) is 0. The highest BCUT2D eigenvalue weighted by Crippen LogP contribution is 2.30. The minimum absolute atomic E-state index is 0.0353. The molecule has 4 nitrogen and oxygen atoms in total. The van der Waals surface area contributed by atoms with Crippen LogP contribution in [0.1, 0.15) is 53.6 Å². The van der Waals surface area contributed by atoms with E-state index in [2.05, 4.69) is 70.9 Å². The molecule has 1 N–H and O–H groups in total. The standard InChI is InChI=1S/C33H36N2O2/c1-2-37-31-18-17-27-15-9-10-16-30(27)32(31)33(36)34-28-19-22-35(23-20-28)24-21-29(25-11-5-3-6-12-25)26-13-7-4-8-14-26/h3-18,28-29H,2,19-24H2,1H3,(H,34,36). The highest BCUT2D eigenvalue weighted by Gasteiger charge is 2.25. The average Bonchev–Trinajstić information content (AvgIpc) is 2.95. The number of carbonyl (C=O) groups is 1. The van der Waals surface area contributed by atoms with Crippen molar-refractivity contribution < 1.29 is 9.53 Å². The Balaban J connectivity index is 1.20.